The highest BCUT2D eigenvalue weighted by Gasteiger charge is 2.51. The Morgan fingerprint density at radius 1 is 1.35 bits per heavy atom. The maximum absolute atomic E-state index is 14.1. The number of nitrogens with zero attached hydrogens (tertiary/aromatic N) is 3. The number of halogens is 2. The number of aliphatic hydroxyl groups is 1. The molecule has 3 aromatic rings. The van der Waals surface area contributed by atoms with Crippen molar-refractivity contribution in [1.82, 2.24) is 15.0 Å². The van der Waals surface area contributed by atoms with Gasteiger partial charge in [0.2, 0.25) is 0 Å². The number of amides is 1. The van der Waals surface area contributed by atoms with E-state index in [1.807, 2.05) is 0 Å². The highest BCUT2D eigenvalue weighted by Crippen LogP contribution is 2.44. The van der Waals surface area contributed by atoms with E-state index in [0.717, 1.165) is 4.90 Å². The van der Waals surface area contributed by atoms with Gasteiger partial charge in [0.05, 0.1) is 18.3 Å². The number of hydrogen-bond donors (Lipinski definition) is 2. The Morgan fingerprint density at radius 3 is 2.88 bits per heavy atom. The fourth-order valence-electron chi connectivity index (χ4n) is 2.91. The van der Waals surface area contributed by atoms with E-state index < -0.39 is 18.1 Å². The van der Waals surface area contributed by atoms with Gasteiger partial charge in [-0.3, -0.25) is 9.69 Å². The summed E-state index contributed by atoms with van der Waals surface area (Å²) in [5.41, 5.74) is 1.37. The van der Waals surface area contributed by atoms with Crippen molar-refractivity contribution in [2.45, 2.75) is 25.7 Å². The van der Waals surface area contributed by atoms with Gasteiger partial charge < -0.3 is 14.8 Å². The Morgan fingerprint density at radius 2 is 2.15 bits per heavy atom. The van der Waals surface area contributed by atoms with E-state index in [1.165, 1.54) is 19.1 Å². The van der Waals surface area contributed by atoms with Crippen molar-refractivity contribution in [2.75, 3.05) is 4.90 Å². The molecule has 134 valence electrons. The first-order valence-corrected chi connectivity index (χ1v) is 7.86. The summed E-state index contributed by atoms with van der Waals surface area (Å²) in [6.45, 7) is 1.22. The molecular weight excluding hydrogens is 346 g/mol. The Bertz CT molecular complexity index is 970. The monoisotopic (exact) mass is 360 g/mol. The lowest BCUT2D eigenvalue weighted by molar-refractivity contribution is -0.193. The molecule has 0 unspecified atom stereocenters. The Labute approximate surface area is 146 Å². The second-order valence-electron chi connectivity index (χ2n) is 5.94. The number of aliphatic hydroxyl groups excluding tert-OH is 1. The van der Waals surface area contributed by atoms with Gasteiger partial charge in [0, 0.05) is 11.8 Å². The predicted octanol–water partition coefficient (Wildman–Crippen LogP) is 2.53. The van der Waals surface area contributed by atoms with Crippen LogP contribution in [0.3, 0.4) is 0 Å². The second-order valence-corrected chi connectivity index (χ2v) is 5.94. The van der Waals surface area contributed by atoms with Gasteiger partial charge in [0.1, 0.15) is 11.3 Å². The molecule has 1 aromatic carbocycles. The zero-order chi connectivity index (χ0) is 18.5. The average Bonchev–Trinajstić information content (AvgIpc) is 3.00. The first kappa shape index (κ1) is 16.4. The number of alkyl halides is 2. The number of benzene rings is 1. The number of carbonyl (C=O) groups is 1. The molecule has 2 aromatic heterocycles. The molecule has 1 aliphatic rings. The number of rotatable bonds is 3. The van der Waals surface area contributed by atoms with Crippen molar-refractivity contribution in [3.8, 4) is 5.75 Å². The molecule has 1 amide bonds. The van der Waals surface area contributed by atoms with Crippen LogP contribution in [0.25, 0.3) is 11.2 Å². The SMILES string of the molecule is C[C@H](O)c1cccc2c1OC(F)(F)C(=O)N2Cc1nc2cccnc2[nH]1. The molecule has 0 saturated carbocycles. The van der Waals surface area contributed by atoms with Gasteiger partial charge in [-0.1, -0.05) is 12.1 Å². The molecule has 1 aliphatic heterocycles. The van der Waals surface area contributed by atoms with Crippen LogP contribution < -0.4 is 9.64 Å². The fourth-order valence-corrected chi connectivity index (χ4v) is 2.91. The lowest BCUT2D eigenvalue weighted by atomic mass is 10.1. The predicted molar refractivity (Wildman–Crippen MR) is 87.7 cm³/mol. The van der Waals surface area contributed by atoms with Crippen LogP contribution in [0.1, 0.15) is 24.4 Å². The number of fused-ring (bicyclic) bond motifs is 2. The Hall–Kier alpha value is -3.07. The smallest absolute Gasteiger partial charge is 0.423 e. The van der Waals surface area contributed by atoms with Crippen LogP contribution in [0, 0.1) is 0 Å². The summed E-state index contributed by atoms with van der Waals surface area (Å²) in [6, 6.07) is 7.94. The van der Waals surface area contributed by atoms with Crippen LogP contribution in [0.15, 0.2) is 36.5 Å². The zero-order valence-electron chi connectivity index (χ0n) is 13.6. The molecule has 9 heteroatoms. The summed E-state index contributed by atoms with van der Waals surface area (Å²) in [4.78, 5) is 24.4. The molecule has 4 rings (SSSR count). The number of imidazole rings is 1. The number of hydrogen-bond acceptors (Lipinski definition) is 5. The van der Waals surface area contributed by atoms with E-state index in [4.69, 9.17) is 0 Å². The first-order valence-electron chi connectivity index (χ1n) is 7.86. The van der Waals surface area contributed by atoms with Crippen LogP contribution in [0.2, 0.25) is 0 Å². The highest BCUT2D eigenvalue weighted by molar-refractivity contribution is 6.01. The number of nitrogens with one attached hydrogen (secondary N) is 1. The zero-order valence-corrected chi connectivity index (χ0v) is 13.6. The average molecular weight is 360 g/mol. The van der Waals surface area contributed by atoms with Crippen molar-refractivity contribution in [1.29, 1.82) is 0 Å². The van der Waals surface area contributed by atoms with Gasteiger partial charge in [0.15, 0.2) is 11.4 Å². The van der Waals surface area contributed by atoms with Gasteiger partial charge in [-0.2, -0.15) is 8.78 Å². The molecule has 0 spiro atoms. The molecule has 0 fully saturated rings. The van der Waals surface area contributed by atoms with E-state index in [1.54, 1.807) is 24.4 Å². The molecule has 2 N–H and O–H groups in total. The Balaban J connectivity index is 1.80. The van der Waals surface area contributed by atoms with Crippen molar-refractivity contribution >= 4 is 22.8 Å². The third-order valence-electron chi connectivity index (χ3n) is 4.10. The molecule has 0 bridgehead atoms. The van der Waals surface area contributed by atoms with Crippen molar-refractivity contribution in [3.05, 3.63) is 47.9 Å². The third kappa shape index (κ3) is 2.57. The summed E-state index contributed by atoms with van der Waals surface area (Å²) in [7, 11) is 0. The lowest BCUT2D eigenvalue weighted by Gasteiger charge is -2.34. The van der Waals surface area contributed by atoms with Gasteiger partial charge >= 0.3 is 12.0 Å². The topological polar surface area (TPSA) is 91.3 Å². The first-order chi connectivity index (χ1) is 12.4. The highest BCUT2D eigenvalue weighted by atomic mass is 19.3. The van der Waals surface area contributed by atoms with Gasteiger partial charge in [-0.05, 0) is 25.1 Å². The molecule has 26 heavy (non-hydrogen) atoms. The minimum absolute atomic E-state index is 0.146. The van der Waals surface area contributed by atoms with E-state index in [0.29, 0.717) is 17.0 Å². The molecule has 3 heterocycles. The minimum atomic E-state index is -4.04. The molecular formula is C17H14F2N4O3. The number of ether oxygens (including phenoxy) is 1. The maximum Gasteiger partial charge on any atom is 0.483 e. The van der Waals surface area contributed by atoms with Crippen LogP contribution in [-0.4, -0.2) is 32.1 Å². The fraction of sp³-hybridized carbons (Fsp3) is 0.235. The van der Waals surface area contributed by atoms with Crippen molar-refractivity contribution < 1.29 is 23.4 Å². The summed E-state index contributed by atoms with van der Waals surface area (Å²) in [5.74, 6) is -1.42. The number of H-pyrrole nitrogens is 1. The number of aromatic amines is 1. The van der Waals surface area contributed by atoms with Gasteiger partial charge in [0.25, 0.3) is 0 Å². The van der Waals surface area contributed by atoms with Crippen LogP contribution in [0.5, 0.6) is 5.75 Å². The van der Waals surface area contributed by atoms with Gasteiger partial charge in [-0.25, -0.2) is 9.97 Å². The van der Waals surface area contributed by atoms with E-state index in [2.05, 4.69) is 19.7 Å². The summed E-state index contributed by atoms with van der Waals surface area (Å²) in [5, 5.41) is 9.83. The minimum Gasteiger partial charge on any atom is -0.423 e. The largest absolute Gasteiger partial charge is 0.483 e. The molecule has 0 aliphatic carbocycles. The number of aromatic nitrogens is 3. The molecule has 7 nitrogen and oxygen atoms in total. The number of carbonyl (C=O) groups excluding carboxylic acids is 1. The normalized spacial score (nSPS) is 17.1. The maximum atomic E-state index is 14.1. The van der Waals surface area contributed by atoms with Gasteiger partial charge in [-0.15, -0.1) is 0 Å². The molecule has 0 radical (unpaired) electrons. The Kier molecular flexibility index (Phi) is 3.62. The molecule has 1 atom stereocenters. The standard InChI is InChI=1S/C17H14F2N4O3/c1-9(24)10-4-2-6-12-14(10)26-17(18,19)16(25)23(12)8-13-21-11-5-3-7-20-15(11)22-13/h2-7,9,24H,8H2,1H3,(H,20,21,22)/t9-/m0/s1. The van der Waals surface area contributed by atoms with Crippen molar-refractivity contribution in [3.63, 3.8) is 0 Å². The third-order valence-corrected chi connectivity index (χ3v) is 4.10. The second kappa shape index (κ2) is 5.73. The summed E-state index contributed by atoms with van der Waals surface area (Å²) >= 11 is 0. The lowest BCUT2D eigenvalue weighted by Crippen LogP contribution is -2.50. The van der Waals surface area contributed by atoms with Crippen LogP contribution >= 0.6 is 0 Å². The number of anilines is 1. The number of pyridine rings is 1. The number of para-hydroxylation sites is 1. The quantitative estimate of drug-likeness (QED) is 0.749. The van der Waals surface area contributed by atoms with E-state index >= 15 is 0 Å². The molecule has 0 saturated heterocycles. The van der Waals surface area contributed by atoms with Crippen molar-refractivity contribution in [2.24, 2.45) is 0 Å². The summed E-state index contributed by atoms with van der Waals surface area (Å²) < 4.78 is 32.9. The summed E-state index contributed by atoms with van der Waals surface area (Å²) in [6.07, 6.45) is -3.50. The van der Waals surface area contributed by atoms with E-state index in [9.17, 15) is 18.7 Å². The van der Waals surface area contributed by atoms with Crippen LogP contribution in [-0.2, 0) is 11.3 Å². The van der Waals surface area contributed by atoms with Crippen LogP contribution in [0.4, 0.5) is 14.5 Å². The van der Waals surface area contributed by atoms with E-state index in [-0.39, 0.29) is 23.5 Å².